The van der Waals surface area contributed by atoms with Crippen LogP contribution in [0.15, 0.2) is 0 Å². The molecule has 0 aliphatic rings. The maximum Gasteiger partial charge on any atom is 0.227 e. The van der Waals surface area contributed by atoms with Crippen LogP contribution in [0.1, 0.15) is 6.92 Å². The summed E-state index contributed by atoms with van der Waals surface area (Å²) in [5, 5.41) is 7.03. The molecule has 0 saturated heterocycles. The lowest BCUT2D eigenvalue weighted by Crippen LogP contribution is -2.22. The Labute approximate surface area is 49.1 Å². The van der Waals surface area contributed by atoms with Gasteiger partial charge in [-0.2, -0.15) is 0 Å². The molecule has 49 valence electrons. The second-order valence-corrected chi connectivity index (χ2v) is 2.68. The number of rotatable bonds is 3. The molecule has 4 nitrogen and oxygen atoms in total. The van der Waals surface area contributed by atoms with Gasteiger partial charge in [-0.1, -0.05) is 6.92 Å². The summed E-state index contributed by atoms with van der Waals surface area (Å²) < 4.78 is 20.1. The summed E-state index contributed by atoms with van der Waals surface area (Å²) >= 11 is 0. The van der Waals surface area contributed by atoms with Gasteiger partial charge in [-0.05, 0) is 6.54 Å². The molecule has 0 heterocycles. The van der Waals surface area contributed by atoms with E-state index in [1.165, 1.54) is 0 Å². The fourth-order valence-electron chi connectivity index (χ4n) is 0.199. The first-order valence-electron chi connectivity index (χ1n) is 2.15. The van der Waals surface area contributed by atoms with Crippen LogP contribution in [0.25, 0.3) is 0 Å². The lowest BCUT2D eigenvalue weighted by atomic mass is 10.8. The molecule has 0 spiro atoms. The number of hydrogen-bond donors (Lipinski definition) is 2. The standard InChI is InChI=1S/C3H9N2O2S/c1-2-5-3-8(4,6)7/h3,5H,2H2,1H3,(H2,4,6,7). The zero-order valence-corrected chi connectivity index (χ0v) is 5.40. The van der Waals surface area contributed by atoms with E-state index in [0.717, 1.165) is 5.88 Å². The average molecular weight is 137 g/mol. The SMILES string of the molecule is CCN[CH]S(N)(=O)=O. The van der Waals surface area contributed by atoms with Crippen LogP contribution in [0.2, 0.25) is 0 Å². The maximum atomic E-state index is 10.0. The first-order valence-corrected chi connectivity index (χ1v) is 3.76. The first-order chi connectivity index (χ1) is 3.56. The Morgan fingerprint density at radius 1 is 1.75 bits per heavy atom. The molecule has 0 aliphatic heterocycles. The van der Waals surface area contributed by atoms with Gasteiger partial charge in [0, 0.05) is 0 Å². The van der Waals surface area contributed by atoms with Crippen molar-refractivity contribution in [3.63, 3.8) is 0 Å². The molecule has 0 saturated carbocycles. The van der Waals surface area contributed by atoms with Crippen LogP contribution in [0.3, 0.4) is 0 Å². The molecule has 1 radical (unpaired) electrons. The Morgan fingerprint density at radius 3 is 2.38 bits per heavy atom. The molecular formula is C3H9N2O2S. The third kappa shape index (κ3) is 5.87. The molecule has 0 rings (SSSR count). The molecule has 0 unspecified atom stereocenters. The molecule has 0 aromatic rings. The van der Waals surface area contributed by atoms with E-state index in [2.05, 4.69) is 10.5 Å². The van der Waals surface area contributed by atoms with Crippen molar-refractivity contribution in [1.82, 2.24) is 5.32 Å². The largest absolute Gasteiger partial charge is 0.298 e. The molecule has 0 fully saturated rings. The summed E-state index contributed by atoms with van der Waals surface area (Å²) in [5.41, 5.74) is 0. The Kier molecular flexibility index (Phi) is 2.96. The third-order valence-electron chi connectivity index (χ3n) is 0.452. The molecular weight excluding hydrogens is 128 g/mol. The number of nitrogens with one attached hydrogen (secondary N) is 1. The van der Waals surface area contributed by atoms with Crippen molar-refractivity contribution >= 4 is 10.0 Å². The van der Waals surface area contributed by atoms with E-state index in [0.29, 0.717) is 6.54 Å². The van der Waals surface area contributed by atoms with E-state index >= 15 is 0 Å². The predicted molar refractivity (Wildman–Crippen MR) is 31.1 cm³/mol. The second-order valence-electron chi connectivity index (χ2n) is 1.26. The smallest absolute Gasteiger partial charge is 0.227 e. The van der Waals surface area contributed by atoms with Crippen molar-refractivity contribution < 1.29 is 8.42 Å². The normalized spacial score (nSPS) is 11.8. The van der Waals surface area contributed by atoms with Gasteiger partial charge < -0.3 is 0 Å². The van der Waals surface area contributed by atoms with Crippen LogP contribution in [0.4, 0.5) is 0 Å². The Morgan fingerprint density at radius 2 is 2.25 bits per heavy atom. The summed E-state index contributed by atoms with van der Waals surface area (Å²) in [4.78, 5) is 0. The van der Waals surface area contributed by atoms with E-state index in [9.17, 15) is 8.42 Å². The van der Waals surface area contributed by atoms with Gasteiger partial charge in [0.1, 0.15) is 0 Å². The molecule has 8 heavy (non-hydrogen) atoms. The first kappa shape index (κ1) is 7.87. The van der Waals surface area contributed by atoms with E-state index in [4.69, 9.17) is 0 Å². The fraction of sp³-hybridized carbons (Fsp3) is 0.667. The third-order valence-corrected chi connectivity index (χ3v) is 0.947. The molecule has 0 aromatic heterocycles. The summed E-state index contributed by atoms with van der Waals surface area (Å²) in [6, 6.07) is 0. The van der Waals surface area contributed by atoms with Gasteiger partial charge in [0.2, 0.25) is 10.0 Å². The zero-order valence-electron chi connectivity index (χ0n) is 4.59. The van der Waals surface area contributed by atoms with Gasteiger partial charge in [-0.15, -0.1) is 0 Å². The highest BCUT2D eigenvalue weighted by atomic mass is 32.2. The van der Waals surface area contributed by atoms with Gasteiger partial charge in [0.25, 0.3) is 0 Å². The molecule has 5 heteroatoms. The van der Waals surface area contributed by atoms with E-state index < -0.39 is 10.0 Å². The van der Waals surface area contributed by atoms with Gasteiger partial charge in [-0.3, -0.25) is 5.32 Å². The highest BCUT2D eigenvalue weighted by molar-refractivity contribution is 7.91. The van der Waals surface area contributed by atoms with Crippen molar-refractivity contribution in [2.75, 3.05) is 6.54 Å². The number of primary sulfonamides is 1. The van der Waals surface area contributed by atoms with Crippen molar-refractivity contribution in [1.29, 1.82) is 0 Å². The number of hydrogen-bond acceptors (Lipinski definition) is 3. The molecule has 3 N–H and O–H groups in total. The Hall–Kier alpha value is -0.130. The average Bonchev–Trinajstić information content (AvgIpc) is 1.59. The van der Waals surface area contributed by atoms with Crippen LogP contribution in [-0.4, -0.2) is 15.0 Å². The summed E-state index contributed by atoms with van der Waals surface area (Å²) in [6.07, 6.45) is 0. The maximum absolute atomic E-state index is 10.0. The highest BCUT2D eigenvalue weighted by Crippen LogP contribution is 1.76. The highest BCUT2D eigenvalue weighted by Gasteiger charge is 1.98. The quantitative estimate of drug-likeness (QED) is 0.524. The van der Waals surface area contributed by atoms with Gasteiger partial charge in [0.15, 0.2) is 5.88 Å². The Bertz CT molecular complexity index is 139. The second kappa shape index (κ2) is 3.01. The minimum Gasteiger partial charge on any atom is -0.298 e. The molecule has 0 aliphatic carbocycles. The van der Waals surface area contributed by atoms with E-state index in [-0.39, 0.29) is 0 Å². The van der Waals surface area contributed by atoms with Crippen LogP contribution < -0.4 is 10.5 Å². The topological polar surface area (TPSA) is 72.2 Å². The monoisotopic (exact) mass is 137 g/mol. The number of sulfonamides is 1. The summed E-state index contributed by atoms with van der Waals surface area (Å²) in [5.74, 6) is 0.868. The van der Waals surface area contributed by atoms with Crippen molar-refractivity contribution in [2.45, 2.75) is 6.92 Å². The lowest BCUT2D eigenvalue weighted by Gasteiger charge is -1.93. The molecule has 0 aromatic carbocycles. The lowest BCUT2D eigenvalue weighted by molar-refractivity contribution is 0.598. The zero-order chi connectivity index (χ0) is 6.62. The van der Waals surface area contributed by atoms with Gasteiger partial charge in [-0.25, -0.2) is 13.6 Å². The van der Waals surface area contributed by atoms with Crippen LogP contribution >= 0.6 is 0 Å². The predicted octanol–water partition coefficient (Wildman–Crippen LogP) is -0.996. The minimum atomic E-state index is -3.42. The fourth-order valence-corrected chi connectivity index (χ4v) is 0.598. The van der Waals surface area contributed by atoms with E-state index in [1.807, 2.05) is 0 Å². The van der Waals surface area contributed by atoms with Crippen molar-refractivity contribution in [3.8, 4) is 0 Å². The van der Waals surface area contributed by atoms with Crippen molar-refractivity contribution in [2.24, 2.45) is 5.14 Å². The summed E-state index contributed by atoms with van der Waals surface area (Å²) in [7, 11) is -3.42. The van der Waals surface area contributed by atoms with Crippen LogP contribution in [-0.2, 0) is 10.0 Å². The van der Waals surface area contributed by atoms with E-state index in [1.54, 1.807) is 6.92 Å². The van der Waals surface area contributed by atoms with Crippen molar-refractivity contribution in [3.05, 3.63) is 5.88 Å². The summed E-state index contributed by atoms with van der Waals surface area (Å²) in [6.45, 7) is 2.35. The van der Waals surface area contributed by atoms with Crippen LogP contribution in [0.5, 0.6) is 0 Å². The number of nitrogens with two attached hydrogens (primary N) is 1. The Balaban J connectivity index is 3.42. The molecule has 0 atom stereocenters. The van der Waals surface area contributed by atoms with Crippen LogP contribution in [0, 0.1) is 5.88 Å². The van der Waals surface area contributed by atoms with Gasteiger partial charge >= 0.3 is 0 Å². The molecule has 0 bridgehead atoms. The minimum absolute atomic E-state index is 0.566. The van der Waals surface area contributed by atoms with Gasteiger partial charge in [0.05, 0.1) is 0 Å². The molecule has 0 amide bonds.